The van der Waals surface area contributed by atoms with Crippen LogP contribution in [0.1, 0.15) is 10.5 Å². The molecule has 0 spiro atoms. The number of nitrogens with one attached hydrogen (secondary N) is 1. The van der Waals surface area contributed by atoms with Crippen LogP contribution in [0.5, 0.6) is 5.75 Å². The van der Waals surface area contributed by atoms with Crippen molar-refractivity contribution in [2.24, 2.45) is 0 Å². The molecule has 11 nitrogen and oxygen atoms in total. The SMILES string of the molecule is COCCOc1cc2[nH]nc(-c3cc(-c4ccc(C(=O)N5CCN(C6COC6)CC5)nc4)no3)c2cc1F. The first-order valence-electron chi connectivity index (χ1n) is 12.4. The van der Waals surface area contributed by atoms with Crippen LogP contribution in [-0.2, 0) is 9.47 Å². The largest absolute Gasteiger partial charge is 0.488 e. The Balaban J connectivity index is 1.14. The molecule has 1 aromatic carbocycles. The van der Waals surface area contributed by atoms with Crippen LogP contribution >= 0.6 is 0 Å². The van der Waals surface area contributed by atoms with Gasteiger partial charge >= 0.3 is 0 Å². The molecule has 0 aliphatic carbocycles. The summed E-state index contributed by atoms with van der Waals surface area (Å²) in [7, 11) is 1.55. The van der Waals surface area contributed by atoms with Crippen molar-refractivity contribution in [1.29, 1.82) is 0 Å². The summed E-state index contributed by atoms with van der Waals surface area (Å²) in [4.78, 5) is 21.5. The Morgan fingerprint density at radius 2 is 2.00 bits per heavy atom. The van der Waals surface area contributed by atoms with Gasteiger partial charge in [0, 0.05) is 62.6 Å². The van der Waals surface area contributed by atoms with Crippen LogP contribution in [0.3, 0.4) is 0 Å². The van der Waals surface area contributed by atoms with Gasteiger partial charge in [-0.3, -0.25) is 19.8 Å². The normalized spacial score (nSPS) is 16.6. The smallest absolute Gasteiger partial charge is 0.272 e. The van der Waals surface area contributed by atoms with Crippen molar-refractivity contribution < 1.29 is 27.9 Å². The second kappa shape index (κ2) is 10.5. The summed E-state index contributed by atoms with van der Waals surface area (Å²) in [6.45, 7) is 5.16. The number of H-pyrrole nitrogens is 1. The Morgan fingerprint density at radius 1 is 1.16 bits per heavy atom. The van der Waals surface area contributed by atoms with E-state index in [9.17, 15) is 9.18 Å². The molecular formula is C26H27FN6O5. The number of carbonyl (C=O) groups excluding carboxylic acids is 1. The van der Waals surface area contributed by atoms with Gasteiger partial charge in [0.2, 0.25) is 0 Å². The van der Waals surface area contributed by atoms with E-state index in [4.69, 9.17) is 18.7 Å². The molecule has 2 fully saturated rings. The highest BCUT2D eigenvalue weighted by atomic mass is 19.1. The van der Waals surface area contributed by atoms with Crippen molar-refractivity contribution in [3.63, 3.8) is 0 Å². The molecule has 0 saturated carbocycles. The topological polar surface area (TPSA) is 119 Å². The van der Waals surface area contributed by atoms with E-state index in [1.807, 2.05) is 4.90 Å². The number of halogens is 1. The Kier molecular flexibility index (Phi) is 6.75. The van der Waals surface area contributed by atoms with Gasteiger partial charge in [0.1, 0.15) is 23.7 Å². The molecule has 2 saturated heterocycles. The summed E-state index contributed by atoms with van der Waals surface area (Å²) >= 11 is 0. The van der Waals surface area contributed by atoms with Crippen molar-refractivity contribution in [1.82, 2.24) is 30.1 Å². The zero-order chi connectivity index (χ0) is 26.1. The average molecular weight is 523 g/mol. The number of hydrogen-bond donors (Lipinski definition) is 1. The number of fused-ring (bicyclic) bond motifs is 1. The maximum atomic E-state index is 14.6. The number of ether oxygens (including phenoxy) is 3. The molecule has 0 radical (unpaired) electrons. The van der Waals surface area contributed by atoms with Crippen molar-refractivity contribution in [2.45, 2.75) is 6.04 Å². The molecule has 2 aliphatic heterocycles. The zero-order valence-electron chi connectivity index (χ0n) is 20.9. The Bertz CT molecular complexity index is 1430. The minimum atomic E-state index is -0.515. The van der Waals surface area contributed by atoms with Crippen LogP contribution in [0, 0.1) is 5.82 Å². The maximum absolute atomic E-state index is 14.6. The van der Waals surface area contributed by atoms with E-state index in [0.717, 1.165) is 26.3 Å². The second-order valence-electron chi connectivity index (χ2n) is 9.27. The molecule has 0 unspecified atom stereocenters. The lowest BCUT2D eigenvalue weighted by molar-refractivity contribution is -0.0746. The zero-order valence-corrected chi connectivity index (χ0v) is 20.9. The van der Waals surface area contributed by atoms with Gasteiger partial charge in [-0.1, -0.05) is 5.16 Å². The van der Waals surface area contributed by atoms with E-state index < -0.39 is 5.82 Å². The predicted molar refractivity (Wildman–Crippen MR) is 134 cm³/mol. The first-order chi connectivity index (χ1) is 18.6. The maximum Gasteiger partial charge on any atom is 0.272 e. The fourth-order valence-corrected chi connectivity index (χ4v) is 4.63. The number of amides is 1. The van der Waals surface area contributed by atoms with Crippen molar-refractivity contribution >= 4 is 16.8 Å². The van der Waals surface area contributed by atoms with Gasteiger partial charge in [0.15, 0.2) is 17.3 Å². The summed E-state index contributed by atoms with van der Waals surface area (Å²) in [5.41, 5.74) is 2.62. The lowest BCUT2D eigenvalue weighted by Gasteiger charge is -2.42. The first kappa shape index (κ1) is 24.5. The monoisotopic (exact) mass is 522 g/mol. The number of benzene rings is 1. The molecule has 12 heteroatoms. The van der Waals surface area contributed by atoms with Crippen molar-refractivity contribution in [2.75, 3.05) is 59.7 Å². The minimum Gasteiger partial charge on any atom is -0.488 e. The number of carbonyl (C=O) groups is 1. The average Bonchev–Trinajstić information content (AvgIpc) is 3.55. The third-order valence-corrected chi connectivity index (χ3v) is 6.92. The third-order valence-electron chi connectivity index (χ3n) is 6.92. The number of aromatic amines is 1. The molecule has 2 aliphatic rings. The molecule has 38 heavy (non-hydrogen) atoms. The lowest BCUT2D eigenvalue weighted by atomic mass is 10.1. The number of pyridine rings is 1. The number of methoxy groups -OCH3 is 1. The van der Waals surface area contributed by atoms with Crippen LogP contribution in [-0.4, -0.2) is 102 Å². The van der Waals surface area contributed by atoms with Gasteiger partial charge in [0.25, 0.3) is 5.91 Å². The molecule has 4 aromatic rings. The van der Waals surface area contributed by atoms with Crippen molar-refractivity contribution in [3.8, 4) is 28.5 Å². The van der Waals surface area contributed by atoms with E-state index in [1.165, 1.54) is 6.07 Å². The predicted octanol–water partition coefficient (Wildman–Crippen LogP) is 2.60. The summed E-state index contributed by atoms with van der Waals surface area (Å²) in [6.07, 6.45) is 1.60. The summed E-state index contributed by atoms with van der Waals surface area (Å²) in [6, 6.07) is 8.57. The fourth-order valence-electron chi connectivity index (χ4n) is 4.63. The van der Waals surface area contributed by atoms with Crippen LogP contribution in [0.15, 0.2) is 41.1 Å². The second-order valence-corrected chi connectivity index (χ2v) is 9.27. The first-order valence-corrected chi connectivity index (χ1v) is 12.4. The molecular weight excluding hydrogens is 495 g/mol. The van der Waals surface area contributed by atoms with Gasteiger partial charge in [-0.25, -0.2) is 4.39 Å². The van der Waals surface area contributed by atoms with E-state index in [0.29, 0.717) is 65.0 Å². The highest BCUT2D eigenvalue weighted by molar-refractivity contribution is 5.94. The number of rotatable bonds is 8. The lowest BCUT2D eigenvalue weighted by Crippen LogP contribution is -2.57. The van der Waals surface area contributed by atoms with E-state index in [2.05, 4.69) is 25.2 Å². The number of hydrogen-bond acceptors (Lipinski definition) is 9. The number of aromatic nitrogens is 4. The van der Waals surface area contributed by atoms with Gasteiger partial charge in [-0.2, -0.15) is 5.10 Å². The van der Waals surface area contributed by atoms with E-state index in [1.54, 1.807) is 37.6 Å². The Hall–Kier alpha value is -3.87. The standard InChI is InChI=1S/C26H27FN6O5/c1-35-8-9-37-23-12-22-18(10-19(23)27)25(30-29-22)24-11-21(31-38-24)16-2-3-20(28-13-16)26(34)33-6-4-32(5-7-33)17-14-36-15-17/h2-3,10-13,17H,4-9,14-15H2,1H3,(H,29,30). The summed E-state index contributed by atoms with van der Waals surface area (Å²) in [5.74, 6) is -0.122. The van der Waals surface area contributed by atoms with Crippen LogP contribution in [0.4, 0.5) is 4.39 Å². The summed E-state index contributed by atoms with van der Waals surface area (Å²) < 4.78 is 35.8. The fraction of sp³-hybridized carbons (Fsp3) is 0.385. The highest BCUT2D eigenvalue weighted by Crippen LogP contribution is 2.33. The molecule has 1 N–H and O–H groups in total. The van der Waals surface area contributed by atoms with Crippen LogP contribution in [0.25, 0.3) is 33.6 Å². The highest BCUT2D eigenvalue weighted by Gasteiger charge is 2.30. The minimum absolute atomic E-state index is 0.0857. The molecule has 1 amide bonds. The Morgan fingerprint density at radius 3 is 2.71 bits per heavy atom. The quantitative estimate of drug-likeness (QED) is 0.348. The molecule has 198 valence electrons. The summed E-state index contributed by atoms with van der Waals surface area (Å²) in [5, 5.41) is 11.8. The van der Waals surface area contributed by atoms with Crippen LogP contribution < -0.4 is 4.74 Å². The van der Waals surface area contributed by atoms with Crippen molar-refractivity contribution in [3.05, 3.63) is 48.0 Å². The van der Waals surface area contributed by atoms with Gasteiger partial charge in [-0.05, 0) is 18.2 Å². The van der Waals surface area contributed by atoms with E-state index >= 15 is 0 Å². The van der Waals surface area contributed by atoms with Gasteiger partial charge < -0.3 is 23.6 Å². The molecule has 5 heterocycles. The molecule has 0 bridgehead atoms. The Labute approximate surface area is 217 Å². The van der Waals surface area contributed by atoms with Gasteiger partial charge in [-0.15, -0.1) is 0 Å². The number of piperazine rings is 1. The molecule has 6 rings (SSSR count). The van der Waals surface area contributed by atoms with Gasteiger partial charge in [0.05, 0.1) is 31.4 Å². The van der Waals surface area contributed by atoms with Crippen LogP contribution in [0.2, 0.25) is 0 Å². The molecule has 3 aromatic heterocycles. The third kappa shape index (κ3) is 4.73. The number of nitrogens with zero attached hydrogens (tertiary/aromatic N) is 5. The van der Waals surface area contributed by atoms with E-state index in [-0.39, 0.29) is 18.3 Å². The molecule has 0 atom stereocenters.